The smallest absolute Gasteiger partial charge is 0.272 e. The van der Waals surface area contributed by atoms with E-state index >= 15 is 0 Å². The summed E-state index contributed by atoms with van der Waals surface area (Å²) >= 11 is 0. The molecule has 1 heterocycles. The number of amides is 1. The van der Waals surface area contributed by atoms with Gasteiger partial charge in [-0.1, -0.05) is 24.3 Å². The minimum absolute atomic E-state index is 0.00632. The van der Waals surface area contributed by atoms with Gasteiger partial charge in [-0.3, -0.25) is 4.79 Å². The van der Waals surface area contributed by atoms with Crippen LogP contribution in [-0.2, 0) is 6.54 Å². The predicted molar refractivity (Wildman–Crippen MR) is 89.2 cm³/mol. The van der Waals surface area contributed by atoms with Crippen LogP contribution in [0.25, 0.3) is 0 Å². The van der Waals surface area contributed by atoms with Crippen LogP contribution in [0.1, 0.15) is 16.1 Å². The SMILES string of the molecule is O=C(NCc1ccccc1F)c1ccc(Nc2c(F)cccc2F)nn1. The summed E-state index contributed by atoms with van der Waals surface area (Å²) in [5, 5.41) is 12.4. The minimum Gasteiger partial charge on any atom is -0.346 e. The molecule has 0 saturated heterocycles. The molecular formula is C18H13F3N4O. The lowest BCUT2D eigenvalue weighted by Crippen LogP contribution is -2.24. The first-order valence-corrected chi connectivity index (χ1v) is 7.61. The Morgan fingerprint density at radius 2 is 1.54 bits per heavy atom. The molecule has 0 aliphatic heterocycles. The van der Waals surface area contributed by atoms with Gasteiger partial charge < -0.3 is 10.6 Å². The highest BCUT2D eigenvalue weighted by atomic mass is 19.1. The molecule has 0 radical (unpaired) electrons. The van der Waals surface area contributed by atoms with Crippen LogP contribution < -0.4 is 10.6 Å². The lowest BCUT2D eigenvalue weighted by Gasteiger charge is -2.08. The molecule has 26 heavy (non-hydrogen) atoms. The second-order valence-corrected chi connectivity index (χ2v) is 5.30. The number of hydrogen-bond donors (Lipinski definition) is 2. The van der Waals surface area contributed by atoms with Crippen molar-refractivity contribution < 1.29 is 18.0 Å². The van der Waals surface area contributed by atoms with Gasteiger partial charge in [-0.25, -0.2) is 13.2 Å². The van der Waals surface area contributed by atoms with Crippen LogP contribution in [0, 0.1) is 17.5 Å². The Bertz CT molecular complexity index is 912. The molecule has 2 N–H and O–H groups in total. The van der Waals surface area contributed by atoms with E-state index in [1.54, 1.807) is 18.2 Å². The van der Waals surface area contributed by atoms with Crippen molar-refractivity contribution in [3.8, 4) is 0 Å². The fourth-order valence-corrected chi connectivity index (χ4v) is 2.17. The summed E-state index contributed by atoms with van der Waals surface area (Å²) in [5.41, 5.74) is -0.0402. The van der Waals surface area contributed by atoms with E-state index in [0.29, 0.717) is 5.56 Å². The monoisotopic (exact) mass is 358 g/mol. The van der Waals surface area contributed by atoms with Crippen molar-refractivity contribution >= 4 is 17.4 Å². The third-order valence-corrected chi connectivity index (χ3v) is 3.51. The summed E-state index contributed by atoms with van der Waals surface area (Å²) in [5.74, 6) is -2.47. The molecule has 0 aliphatic rings. The van der Waals surface area contributed by atoms with Crippen molar-refractivity contribution in [1.29, 1.82) is 0 Å². The Labute approximate surface area is 146 Å². The molecule has 0 spiro atoms. The number of nitrogens with zero attached hydrogens (tertiary/aromatic N) is 2. The third kappa shape index (κ3) is 3.97. The van der Waals surface area contributed by atoms with Gasteiger partial charge in [0, 0.05) is 12.1 Å². The van der Waals surface area contributed by atoms with E-state index in [1.807, 2.05) is 0 Å². The zero-order valence-corrected chi connectivity index (χ0v) is 13.3. The number of carbonyl (C=O) groups excluding carboxylic acids is 1. The van der Waals surface area contributed by atoms with Crippen molar-refractivity contribution in [2.75, 3.05) is 5.32 Å². The molecule has 1 aromatic heterocycles. The van der Waals surface area contributed by atoms with Crippen LogP contribution in [-0.4, -0.2) is 16.1 Å². The van der Waals surface area contributed by atoms with E-state index in [9.17, 15) is 18.0 Å². The Morgan fingerprint density at radius 3 is 2.19 bits per heavy atom. The van der Waals surface area contributed by atoms with Crippen molar-refractivity contribution in [3.63, 3.8) is 0 Å². The van der Waals surface area contributed by atoms with E-state index in [2.05, 4.69) is 20.8 Å². The summed E-state index contributed by atoms with van der Waals surface area (Å²) < 4.78 is 40.7. The predicted octanol–water partition coefficient (Wildman–Crippen LogP) is 3.57. The number of para-hydroxylation sites is 1. The molecule has 3 rings (SSSR count). The largest absolute Gasteiger partial charge is 0.346 e. The summed E-state index contributed by atoms with van der Waals surface area (Å²) in [6, 6.07) is 12.2. The third-order valence-electron chi connectivity index (χ3n) is 3.51. The fraction of sp³-hybridized carbons (Fsp3) is 0.0556. The molecule has 8 heteroatoms. The number of anilines is 2. The van der Waals surface area contributed by atoms with Gasteiger partial charge in [0.2, 0.25) is 0 Å². The molecule has 0 unspecified atom stereocenters. The van der Waals surface area contributed by atoms with Crippen LogP contribution in [0.15, 0.2) is 54.6 Å². The molecule has 0 saturated carbocycles. The highest BCUT2D eigenvalue weighted by Gasteiger charge is 2.12. The molecule has 3 aromatic rings. The highest BCUT2D eigenvalue weighted by molar-refractivity contribution is 5.92. The van der Waals surface area contributed by atoms with Crippen molar-refractivity contribution in [1.82, 2.24) is 15.5 Å². The molecule has 5 nitrogen and oxygen atoms in total. The minimum atomic E-state index is -0.779. The van der Waals surface area contributed by atoms with Crippen molar-refractivity contribution in [2.24, 2.45) is 0 Å². The summed E-state index contributed by atoms with van der Waals surface area (Å²) in [7, 11) is 0. The van der Waals surface area contributed by atoms with Crippen LogP contribution in [0.2, 0.25) is 0 Å². The number of hydrogen-bond acceptors (Lipinski definition) is 4. The summed E-state index contributed by atoms with van der Waals surface area (Å²) in [6.07, 6.45) is 0. The van der Waals surface area contributed by atoms with Crippen molar-refractivity contribution in [3.05, 3.63) is 83.3 Å². The second-order valence-electron chi connectivity index (χ2n) is 5.30. The average molecular weight is 358 g/mol. The maximum absolute atomic E-state index is 13.6. The number of benzene rings is 2. The molecule has 1 amide bonds. The first-order valence-electron chi connectivity index (χ1n) is 7.61. The molecule has 0 aliphatic carbocycles. The highest BCUT2D eigenvalue weighted by Crippen LogP contribution is 2.21. The van der Waals surface area contributed by atoms with Gasteiger partial charge in [0.05, 0.1) is 0 Å². The van der Waals surface area contributed by atoms with Gasteiger partial charge in [0.1, 0.15) is 23.1 Å². The molecule has 0 fully saturated rings. The molecule has 2 aromatic carbocycles. The summed E-state index contributed by atoms with van der Waals surface area (Å²) in [6.45, 7) is -0.00632. The molecule has 0 bridgehead atoms. The summed E-state index contributed by atoms with van der Waals surface area (Å²) in [4.78, 5) is 12.0. The van der Waals surface area contributed by atoms with E-state index < -0.39 is 23.4 Å². The first kappa shape index (κ1) is 17.4. The first-order chi connectivity index (χ1) is 12.5. The second kappa shape index (κ2) is 7.64. The van der Waals surface area contributed by atoms with E-state index in [1.165, 1.54) is 24.3 Å². The van der Waals surface area contributed by atoms with Crippen molar-refractivity contribution in [2.45, 2.75) is 6.54 Å². The van der Waals surface area contributed by atoms with Gasteiger partial charge in [-0.15, -0.1) is 10.2 Å². The number of nitrogens with one attached hydrogen (secondary N) is 2. The van der Waals surface area contributed by atoms with E-state index in [0.717, 1.165) is 12.1 Å². The van der Waals surface area contributed by atoms with Gasteiger partial charge in [0.25, 0.3) is 5.91 Å². The zero-order valence-electron chi connectivity index (χ0n) is 13.3. The van der Waals surface area contributed by atoms with Gasteiger partial charge in [-0.2, -0.15) is 0 Å². The lowest BCUT2D eigenvalue weighted by atomic mass is 10.2. The molecular weight excluding hydrogens is 345 g/mol. The maximum atomic E-state index is 13.6. The fourth-order valence-electron chi connectivity index (χ4n) is 2.17. The Balaban J connectivity index is 1.65. The van der Waals surface area contributed by atoms with Gasteiger partial charge in [0.15, 0.2) is 11.5 Å². The zero-order chi connectivity index (χ0) is 18.5. The molecule has 132 valence electrons. The Kier molecular flexibility index (Phi) is 5.12. The Morgan fingerprint density at radius 1 is 0.846 bits per heavy atom. The number of carbonyl (C=O) groups is 1. The van der Waals surface area contributed by atoms with Gasteiger partial charge >= 0.3 is 0 Å². The Hall–Kier alpha value is -3.42. The van der Waals surface area contributed by atoms with Crippen LogP contribution in [0.3, 0.4) is 0 Å². The van der Waals surface area contributed by atoms with Gasteiger partial charge in [-0.05, 0) is 30.3 Å². The quantitative estimate of drug-likeness (QED) is 0.732. The molecule has 0 atom stereocenters. The normalized spacial score (nSPS) is 10.4. The lowest BCUT2D eigenvalue weighted by molar-refractivity contribution is 0.0944. The van der Waals surface area contributed by atoms with Crippen LogP contribution >= 0.6 is 0 Å². The van der Waals surface area contributed by atoms with Crippen LogP contribution in [0.5, 0.6) is 0 Å². The van der Waals surface area contributed by atoms with E-state index in [4.69, 9.17) is 0 Å². The van der Waals surface area contributed by atoms with Crippen LogP contribution in [0.4, 0.5) is 24.7 Å². The number of halogens is 3. The standard InChI is InChI=1S/C18H13F3N4O/c19-12-5-2-1-4-11(12)10-22-18(26)15-8-9-16(25-24-15)23-17-13(20)6-3-7-14(17)21/h1-9H,10H2,(H,22,26)(H,23,25). The van der Waals surface area contributed by atoms with E-state index in [-0.39, 0.29) is 23.7 Å². The maximum Gasteiger partial charge on any atom is 0.272 e. The average Bonchev–Trinajstić information content (AvgIpc) is 2.64. The number of aromatic nitrogens is 2. The number of rotatable bonds is 5. The topological polar surface area (TPSA) is 66.9 Å².